The van der Waals surface area contributed by atoms with Gasteiger partial charge in [-0.2, -0.15) is 5.26 Å². The van der Waals surface area contributed by atoms with Gasteiger partial charge in [0.1, 0.15) is 0 Å². The fraction of sp³-hybridized carbons (Fsp3) is 0.200. The second-order valence-electron chi connectivity index (χ2n) is 2.51. The van der Waals surface area contributed by atoms with Crippen molar-refractivity contribution in [2.75, 3.05) is 6.26 Å². The van der Waals surface area contributed by atoms with E-state index in [-0.39, 0.29) is 6.42 Å². The van der Waals surface area contributed by atoms with Gasteiger partial charge in [-0.15, -0.1) is 11.8 Å². The van der Waals surface area contributed by atoms with Gasteiger partial charge in [-0.05, 0) is 12.3 Å². The molecule has 0 unspecified atom stereocenters. The van der Waals surface area contributed by atoms with Crippen molar-refractivity contribution >= 4 is 17.5 Å². The molecule has 1 aromatic carbocycles. The summed E-state index contributed by atoms with van der Waals surface area (Å²) in [6, 6.07) is 9.66. The summed E-state index contributed by atoms with van der Waals surface area (Å²) in [5.41, 5.74) is 1.27. The van der Waals surface area contributed by atoms with Crippen molar-refractivity contribution in [2.45, 2.75) is 11.3 Å². The predicted molar refractivity (Wildman–Crippen MR) is 55.3 cm³/mol. The molecule has 0 spiro atoms. The molecule has 0 amide bonds. The van der Waals surface area contributed by atoms with Crippen LogP contribution in [-0.4, -0.2) is 12.0 Å². The highest BCUT2D eigenvalue weighted by atomic mass is 32.2. The molecule has 0 fully saturated rings. The van der Waals surface area contributed by atoms with Crippen molar-refractivity contribution in [1.82, 2.24) is 0 Å². The van der Waals surface area contributed by atoms with Gasteiger partial charge in [-0.3, -0.25) is 0 Å². The van der Waals surface area contributed by atoms with Crippen molar-refractivity contribution in [3.8, 4) is 6.07 Å². The number of hydrogen-bond donors (Lipinski definition) is 1. The molecule has 0 saturated heterocycles. The first-order valence-corrected chi connectivity index (χ1v) is 5.10. The lowest BCUT2D eigenvalue weighted by atomic mass is 10.1. The van der Waals surface area contributed by atoms with Crippen LogP contribution < -0.4 is 0 Å². The van der Waals surface area contributed by atoms with E-state index in [1.807, 2.05) is 36.6 Å². The fourth-order valence-electron chi connectivity index (χ4n) is 1.07. The first-order valence-electron chi connectivity index (χ1n) is 3.87. The number of nitrogens with one attached hydrogen (secondary N) is 1. The van der Waals surface area contributed by atoms with Crippen LogP contribution in [0.5, 0.6) is 0 Å². The molecular weight excluding hydrogens is 180 g/mol. The zero-order valence-electron chi connectivity index (χ0n) is 7.37. The molecule has 0 radical (unpaired) electrons. The second-order valence-corrected chi connectivity index (χ2v) is 3.36. The molecule has 0 saturated carbocycles. The fourth-order valence-corrected chi connectivity index (χ4v) is 1.69. The van der Waals surface area contributed by atoms with Crippen LogP contribution in [0, 0.1) is 16.7 Å². The van der Waals surface area contributed by atoms with Gasteiger partial charge in [0, 0.05) is 10.5 Å². The van der Waals surface area contributed by atoms with Gasteiger partial charge in [0.05, 0.1) is 18.2 Å². The molecule has 1 N–H and O–H groups in total. The van der Waals surface area contributed by atoms with Crippen molar-refractivity contribution in [2.24, 2.45) is 0 Å². The van der Waals surface area contributed by atoms with Crippen LogP contribution in [0.1, 0.15) is 12.0 Å². The number of hydrogen-bond acceptors (Lipinski definition) is 3. The van der Waals surface area contributed by atoms with Crippen molar-refractivity contribution in [1.29, 1.82) is 10.7 Å². The minimum atomic E-state index is 0.178. The first kappa shape index (κ1) is 9.82. The Labute approximate surface area is 82.1 Å². The highest BCUT2D eigenvalue weighted by molar-refractivity contribution is 7.98. The van der Waals surface area contributed by atoms with E-state index in [4.69, 9.17) is 10.7 Å². The standard InChI is InChI=1S/C10H10N2S/c1-13-10-5-3-2-4-8(10)9(12)6-7-11/h2-5,12H,6H2,1H3. The molecule has 0 aromatic heterocycles. The third-order valence-corrected chi connectivity index (χ3v) is 2.48. The summed E-state index contributed by atoms with van der Waals surface area (Å²) in [7, 11) is 0. The van der Waals surface area contributed by atoms with Crippen LogP contribution in [0.4, 0.5) is 0 Å². The molecule has 0 atom stereocenters. The Kier molecular flexibility index (Phi) is 3.53. The lowest BCUT2D eigenvalue weighted by Crippen LogP contribution is -1.98. The van der Waals surface area contributed by atoms with E-state index in [2.05, 4.69) is 0 Å². The number of thioether (sulfide) groups is 1. The molecule has 0 aliphatic rings. The van der Waals surface area contributed by atoms with Gasteiger partial charge in [0.15, 0.2) is 0 Å². The van der Waals surface area contributed by atoms with Gasteiger partial charge in [0.25, 0.3) is 0 Å². The molecule has 3 heteroatoms. The summed E-state index contributed by atoms with van der Waals surface area (Å²) in [6.45, 7) is 0. The maximum absolute atomic E-state index is 8.46. The molecule has 0 aliphatic carbocycles. The maximum atomic E-state index is 8.46. The predicted octanol–water partition coefficient (Wildman–Crippen LogP) is 2.69. The van der Waals surface area contributed by atoms with Gasteiger partial charge in [-0.25, -0.2) is 0 Å². The Hall–Kier alpha value is -1.27. The molecular formula is C10H10N2S. The molecule has 66 valence electrons. The zero-order chi connectivity index (χ0) is 9.68. The molecule has 0 aliphatic heterocycles. The highest BCUT2D eigenvalue weighted by Crippen LogP contribution is 2.20. The summed E-state index contributed by atoms with van der Waals surface area (Å²) in [5.74, 6) is 0. The van der Waals surface area contributed by atoms with Crippen LogP contribution in [0.3, 0.4) is 0 Å². The molecule has 0 heterocycles. The lowest BCUT2D eigenvalue weighted by Gasteiger charge is -2.04. The lowest BCUT2D eigenvalue weighted by molar-refractivity contribution is 1.30. The minimum Gasteiger partial charge on any atom is -0.304 e. The van der Waals surface area contributed by atoms with Crippen LogP contribution in [-0.2, 0) is 0 Å². The van der Waals surface area contributed by atoms with E-state index in [0.29, 0.717) is 5.71 Å². The Morgan fingerprint density at radius 2 is 2.23 bits per heavy atom. The SMILES string of the molecule is CSc1ccccc1C(=N)CC#N. The number of benzene rings is 1. The van der Waals surface area contributed by atoms with Crippen molar-refractivity contribution in [3.63, 3.8) is 0 Å². The van der Waals surface area contributed by atoms with Crippen LogP contribution in [0.15, 0.2) is 29.2 Å². The van der Waals surface area contributed by atoms with E-state index in [9.17, 15) is 0 Å². The maximum Gasteiger partial charge on any atom is 0.0774 e. The molecule has 13 heavy (non-hydrogen) atoms. The van der Waals surface area contributed by atoms with Crippen molar-refractivity contribution < 1.29 is 0 Å². The highest BCUT2D eigenvalue weighted by Gasteiger charge is 2.05. The zero-order valence-corrected chi connectivity index (χ0v) is 8.19. The van der Waals surface area contributed by atoms with E-state index in [1.54, 1.807) is 11.8 Å². The minimum absolute atomic E-state index is 0.178. The van der Waals surface area contributed by atoms with Crippen LogP contribution in [0.2, 0.25) is 0 Å². The molecule has 1 aromatic rings. The molecule has 0 bridgehead atoms. The monoisotopic (exact) mass is 190 g/mol. The second kappa shape index (κ2) is 4.68. The van der Waals surface area contributed by atoms with E-state index < -0.39 is 0 Å². The summed E-state index contributed by atoms with van der Waals surface area (Å²) in [6.07, 6.45) is 2.15. The van der Waals surface area contributed by atoms with E-state index >= 15 is 0 Å². The third kappa shape index (κ3) is 2.33. The number of nitrogens with zero attached hydrogens (tertiary/aromatic N) is 1. The Morgan fingerprint density at radius 1 is 1.54 bits per heavy atom. The van der Waals surface area contributed by atoms with Crippen LogP contribution >= 0.6 is 11.8 Å². The van der Waals surface area contributed by atoms with E-state index in [1.165, 1.54) is 0 Å². The van der Waals surface area contributed by atoms with E-state index in [0.717, 1.165) is 10.5 Å². The van der Waals surface area contributed by atoms with Gasteiger partial charge >= 0.3 is 0 Å². The Bertz CT molecular complexity index is 352. The largest absolute Gasteiger partial charge is 0.304 e. The summed E-state index contributed by atoms with van der Waals surface area (Å²) < 4.78 is 0. The number of nitriles is 1. The Morgan fingerprint density at radius 3 is 2.85 bits per heavy atom. The summed E-state index contributed by atoms with van der Waals surface area (Å²) >= 11 is 1.60. The van der Waals surface area contributed by atoms with Crippen LogP contribution in [0.25, 0.3) is 0 Å². The average Bonchev–Trinajstić information content (AvgIpc) is 2.18. The first-order chi connectivity index (χ1) is 6.29. The van der Waals surface area contributed by atoms with Gasteiger partial charge in [-0.1, -0.05) is 18.2 Å². The average molecular weight is 190 g/mol. The molecule has 1 rings (SSSR count). The van der Waals surface area contributed by atoms with Gasteiger partial charge < -0.3 is 5.41 Å². The van der Waals surface area contributed by atoms with Crippen molar-refractivity contribution in [3.05, 3.63) is 29.8 Å². The topological polar surface area (TPSA) is 47.6 Å². The molecule has 2 nitrogen and oxygen atoms in total. The van der Waals surface area contributed by atoms with Gasteiger partial charge in [0.2, 0.25) is 0 Å². The quantitative estimate of drug-likeness (QED) is 0.588. The third-order valence-electron chi connectivity index (χ3n) is 1.69. The Balaban J connectivity index is 3.00. The normalized spacial score (nSPS) is 9.23. The number of rotatable bonds is 3. The summed E-state index contributed by atoms with van der Waals surface area (Å²) in [5, 5.41) is 16.1. The summed E-state index contributed by atoms with van der Waals surface area (Å²) in [4.78, 5) is 1.06. The smallest absolute Gasteiger partial charge is 0.0774 e.